The smallest absolute Gasteiger partial charge is 0.379 e. The van der Waals surface area contributed by atoms with Gasteiger partial charge in [0.25, 0.3) is 0 Å². The normalized spacial score (nSPS) is 13.1. The number of fused-ring (bicyclic) bond motifs is 1. The van der Waals surface area contributed by atoms with Crippen LogP contribution in [0.25, 0.3) is 10.8 Å². The predicted molar refractivity (Wildman–Crippen MR) is 157 cm³/mol. The molecule has 1 atom stereocenters. The summed E-state index contributed by atoms with van der Waals surface area (Å²) in [6, 6.07) is 13.4. The number of phosphoric acid groups is 1. The molecule has 0 aliphatic rings. The summed E-state index contributed by atoms with van der Waals surface area (Å²) >= 11 is 0. The molecule has 7 heteroatoms. The van der Waals surface area contributed by atoms with Gasteiger partial charge in [-0.2, -0.15) is 0 Å². The van der Waals surface area contributed by atoms with Crippen molar-refractivity contribution in [3.05, 3.63) is 42.5 Å². The second-order valence-corrected chi connectivity index (χ2v) is 11.5. The summed E-state index contributed by atoms with van der Waals surface area (Å²) in [5, 5.41) is 1.86. The molecule has 0 spiro atoms. The molecule has 38 heavy (non-hydrogen) atoms. The highest BCUT2D eigenvalue weighted by Gasteiger charge is 2.29. The SMILES string of the molecule is CCCCCCCCCCCCCCCCCOP(=O)(OCCOCC)OOc1cccc2ccccc12. The van der Waals surface area contributed by atoms with Crippen LogP contribution in [0.15, 0.2) is 42.5 Å². The molecule has 6 nitrogen and oxygen atoms in total. The van der Waals surface area contributed by atoms with Gasteiger partial charge in [-0.15, -0.1) is 0 Å². The van der Waals surface area contributed by atoms with Gasteiger partial charge in [0.15, 0.2) is 5.75 Å². The largest absolute Gasteiger partial charge is 0.511 e. The summed E-state index contributed by atoms with van der Waals surface area (Å²) in [5.41, 5.74) is 0. The standard InChI is InChI=1S/C31H51O6P/c1-3-5-6-7-8-9-10-11-12-13-14-15-16-17-20-26-34-38(32,35-28-27-33-4-2)37-36-31-25-21-23-29-22-18-19-24-30(29)31/h18-19,21-25H,3-17,20,26-28H2,1-2H3. The molecule has 0 saturated carbocycles. The van der Waals surface area contributed by atoms with E-state index in [1.54, 1.807) is 6.07 Å². The Kier molecular flexibility index (Phi) is 18.5. The van der Waals surface area contributed by atoms with Gasteiger partial charge in [-0.05, 0) is 24.8 Å². The Balaban J connectivity index is 1.59. The minimum absolute atomic E-state index is 0.100. The van der Waals surface area contributed by atoms with Crippen molar-refractivity contribution in [2.45, 2.75) is 110 Å². The summed E-state index contributed by atoms with van der Waals surface area (Å²) < 4.78 is 34.8. The lowest BCUT2D eigenvalue weighted by atomic mass is 10.0. The lowest BCUT2D eigenvalue weighted by Gasteiger charge is -2.17. The molecule has 0 aliphatic heterocycles. The molecule has 2 aromatic rings. The van der Waals surface area contributed by atoms with Crippen LogP contribution >= 0.6 is 7.82 Å². The zero-order valence-corrected chi connectivity index (χ0v) is 24.8. The van der Waals surface area contributed by atoms with Crippen molar-refractivity contribution in [3.63, 3.8) is 0 Å². The summed E-state index contributed by atoms with van der Waals surface area (Å²) in [7, 11) is -3.89. The molecular formula is C31H51O6P. The van der Waals surface area contributed by atoms with E-state index in [0.717, 1.165) is 30.0 Å². The number of ether oxygens (including phenoxy) is 1. The Labute approximate surface area is 231 Å². The van der Waals surface area contributed by atoms with Crippen molar-refractivity contribution in [1.82, 2.24) is 0 Å². The van der Waals surface area contributed by atoms with E-state index >= 15 is 0 Å². The van der Waals surface area contributed by atoms with Crippen LogP contribution in [0.3, 0.4) is 0 Å². The second-order valence-electron chi connectivity index (χ2n) is 9.90. The highest BCUT2D eigenvalue weighted by atomic mass is 31.2. The molecule has 0 fully saturated rings. The van der Waals surface area contributed by atoms with Crippen molar-refractivity contribution >= 4 is 18.6 Å². The van der Waals surface area contributed by atoms with E-state index in [0.29, 0.717) is 25.6 Å². The van der Waals surface area contributed by atoms with Crippen LogP contribution in [0.2, 0.25) is 0 Å². The fourth-order valence-corrected chi connectivity index (χ4v) is 5.42. The first-order valence-corrected chi connectivity index (χ1v) is 16.5. The molecule has 1 unspecified atom stereocenters. The first kappa shape index (κ1) is 32.8. The molecule has 216 valence electrons. The highest BCUT2D eigenvalue weighted by Crippen LogP contribution is 2.50. The average Bonchev–Trinajstić information content (AvgIpc) is 2.94. The van der Waals surface area contributed by atoms with Crippen LogP contribution in [-0.2, 0) is 23.0 Å². The van der Waals surface area contributed by atoms with Crippen LogP contribution < -0.4 is 4.89 Å². The summed E-state index contributed by atoms with van der Waals surface area (Å²) in [5.74, 6) is 0.465. The lowest BCUT2D eigenvalue weighted by Crippen LogP contribution is -2.08. The summed E-state index contributed by atoms with van der Waals surface area (Å²) in [6.07, 6.45) is 19.3. The quantitative estimate of drug-likeness (QED) is 0.0530. The van der Waals surface area contributed by atoms with Gasteiger partial charge in [-0.25, -0.2) is 4.57 Å². The van der Waals surface area contributed by atoms with E-state index < -0.39 is 7.82 Å². The monoisotopic (exact) mass is 550 g/mol. The van der Waals surface area contributed by atoms with Crippen molar-refractivity contribution < 1.29 is 27.9 Å². The Hall–Kier alpha value is -1.43. The van der Waals surface area contributed by atoms with Crippen LogP contribution in [0.1, 0.15) is 110 Å². The van der Waals surface area contributed by atoms with Gasteiger partial charge in [0.1, 0.15) is 0 Å². The van der Waals surface area contributed by atoms with Crippen molar-refractivity contribution in [1.29, 1.82) is 0 Å². The minimum atomic E-state index is -3.89. The number of unbranched alkanes of at least 4 members (excludes halogenated alkanes) is 14. The van der Waals surface area contributed by atoms with Crippen molar-refractivity contribution in [3.8, 4) is 5.75 Å². The van der Waals surface area contributed by atoms with Gasteiger partial charge < -0.3 is 9.62 Å². The van der Waals surface area contributed by atoms with Crippen LogP contribution in [0, 0.1) is 0 Å². The molecule has 0 saturated heterocycles. The third kappa shape index (κ3) is 14.6. The second kappa shape index (κ2) is 21.4. The topological polar surface area (TPSA) is 63.2 Å². The van der Waals surface area contributed by atoms with Gasteiger partial charge in [-0.3, -0.25) is 9.05 Å². The summed E-state index contributed by atoms with van der Waals surface area (Å²) in [4.78, 5) is 5.47. The minimum Gasteiger partial charge on any atom is -0.379 e. The maximum Gasteiger partial charge on any atom is 0.511 e. The number of rotatable bonds is 25. The van der Waals surface area contributed by atoms with Gasteiger partial charge in [0, 0.05) is 12.0 Å². The molecule has 0 amide bonds. The third-order valence-electron chi connectivity index (χ3n) is 6.65. The Morgan fingerprint density at radius 2 is 1.16 bits per heavy atom. The molecule has 0 radical (unpaired) electrons. The number of hydrogen-bond donors (Lipinski definition) is 0. The van der Waals surface area contributed by atoms with Crippen molar-refractivity contribution in [2.24, 2.45) is 0 Å². The number of hydrogen-bond acceptors (Lipinski definition) is 6. The van der Waals surface area contributed by atoms with Crippen LogP contribution in [0.4, 0.5) is 0 Å². The van der Waals surface area contributed by atoms with Gasteiger partial charge in [-0.1, -0.05) is 138 Å². The fourth-order valence-electron chi connectivity index (χ4n) is 4.44. The molecular weight excluding hydrogens is 499 g/mol. The first-order chi connectivity index (χ1) is 18.7. The lowest BCUT2D eigenvalue weighted by molar-refractivity contribution is -0.132. The fraction of sp³-hybridized carbons (Fsp3) is 0.677. The Bertz CT molecular complexity index is 884. The molecule has 0 heterocycles. The summed E-state index contributed by atoms with van der Waals surface area (Å²) in [6.45, 7) is 5.42. The molecule has 2 aromatic carbocycles. The Morgan fingerprint density at radius 3 is 1.79 bits per heavy atom. The van der Waals surface area contributed by atoms with Crippen LogP contribution in [0.5, 0.6) is 5.75 Å². The molecule has 0 bridgehead atoms. The van der Waals surface area contributed by atoms with E-state index in [4.69, 9.17) is 23.3 Å². The van der Waals surface area contributed by atoms with Crippen molar-refractivity contribution in [2.75, 3.05) is 26.4 Å². The van der Waals surface area contributed by atoms with E-state index in [1.807, 2.05) is 43.3 Å². The van der Waals surface area contributed by atoms with E-state index in [-0.39, 0.29) is 6.61 Å². The number of benzene rings is 2. The zero-order valence-electron chi connectivity index (χ0n) is 23.9. The third-order valence-corrected chi connectivity index (χ3v) is 7.90. The predicted octanol–water partition coefficient (Wildman–Crippen LogP) is 10.2. The van der Waals surface area contributed by atoms with E-state index in [9.17, 15) is 4.57 Å². The maximum absolute atomic E-state index is 13.2. The van der Waals surface area contributed by atoms with Gasteiger partial charge >= 0.3 is 7.82 Å². The van der Waals surface area contributed by atoms with Gasteiger partial charge in [0.2, 0.25) is 0 Å². The Morgan fingerprint density at radius 1 is 0.605 bits per heavy atom. The molecule has 0 N–H and O–H groups in total. The zero-order chi connectivity index (χ0) is 27.2. The van der Waals surface area contributed by atoms with Gasteiger partial charge in [0.05, 0.1) is 19.8 Å². The van der Waals surface area contributed by atoms with Crippen LogP contribution in [-0.4, -0.2) is 26.4 Å². The molecule has 0 aromatic heterocycles. The molecule has 2 rings (SSSR count). The first-order valence-electron chi connectivity index (χ1n) is 15.0. The molecule has 0 aliphatic carbocycles. The van der Waals surface area contributed by atoms with E-state index in [2.05, 4.69) is 6.92 Å². The number of phosphoric ester groups is 1. The highest BCUT2D eigenvalue weighted by molar-refractivity contribution is 7.48. The van der Waals surface area contributed by atoms with E-state index in [1.165, 1.54) is 77.0 Å². The average molecular weight is 551 g/mol. The maximum atomic E-state index is 13.2.